The van der Waals surface area contributed by atoms with E-state index in [4.69, 9.17) is 0 Å². The number of imidazole rings is 1. The van der Waals surface area contributed by atoms with Crippen molar-refractivity contribution in [3.63, 3.8) is 0 Å². The van der Waals surface area contributed by atoms with E-state index in [1.807, 2.05) is 24.3 Å². The van der Waals surface area contributed by atoms with Crippen LogP contribution in [0, 0.1) is 0 Å². The Morgan fingerprint density at radius 1 is 1.20 bits per heavy atom. The summed E-state index contributed by atoms with van der Waals surface area (Å²) in [6, 6.07) is 9.02. The maximum absolute atomic E-state index is 12.0. The lowest BCUT2D eigenvalue weighted by molar-refractivity contribution is -0.121. The van der Waals surface area contributed by atoms with Crippen LogP contribution in [0.2, 0.25) is 0 Å². The highest BCUT2D eigenvalue weighted by Crippen LogP contribution is 2.11. The van der Waals surface area contributed by atoms with Gasteiger partial charge in [0.15, 0.2) is 0 Å². The van der Waals surface area contributed by atoms with E-state index in [9.17, 15) is 14.4 Å². The van der Waals surface area contributed by atoms with Gasteiger partial charge in [-0.25, -0.2) is 9.78 Å². The van der Waals surface area contributed by atoms with Gasteiger partial charge in [-0.2, -0.15) is 0 Å². The molecule has 8 nitrogen and oxygen atoms in total. The van der Waals surface area contributed by atoms with Crippen molar-refractivity contribution in [3.05, 3.63) is 62.7 Å². The summed E-state index contributed by atoms with van der Waals surface area (Å²) in [4.78, 5) is 43.2. The van der Waals surface area contributed by atoms with Crippen molar-refractivity contribution < 1.29 is 4.79 Å². The van der Waals surface area contributed by atoms with Gasteiger partial charge in [-0.3, -0.25) is 18.7 Å². The van der Waals surface area contributed by atoms with Crippen molar-refractivity contribution in [2.24, 2.45) is 14.1 Å². The maximum atomic E-state index is 12.0. The first-order chi connectivity index (χ1) is 12.0. The zero-order valence-corrected chi connectivity index (χ0v) is 14.1. The second kappa shape index (κ2) is 6.76. The maximum Gasteiger partial charge on any atom is 0.330 e. The number of aromatic nitrogens is 4. The van der Waals surface area contributed by atoms with Gasteiger partial charge in [0.1, 0.15) is 5.82 Å². The summed E-state index contributed by atoms with van der Waals surface area (Å²) in [6.07, 6.45) is 0.745. The molecule has 1 amide bonds. The molecule has 1 aromatic carbocycles. The topological polar surface area (TPSA) is 102 Å². The number of nitrogens with zero attached hydrogens (tertiary/aromatic N) is 3. The largest absolute Gasteiger partial charge is 0.351 e. The Hall–Kier alpha value is -3.16. The summed E-state index contributed by atoms with van der Waals surface area (Å²) >= 11 is 0. The molecule has 130 valence electrons. The van der Waals surface area contributed by atoms with Gasteiger partial charge < -0.3 is 10.3 Å². The first-order valence-electron chi connectivity index (χ1n) is 7.92. The number of carbonyl (C=O) groups excluding carboxylic acids is 1. The smallest absolute Gasteiger partial charge is 0.330 e. The molecule has 0 aliphatic heterocycles. The van der Waals surface area contributed by atoms with E-state index in [-0.39, 0.29) is 18.9 Å². The number of fused-ring (bicyclic) bond motifs is 1. The molecule has 0 unspecified atom stereocenters. The van der Waals surface area contributed by atoms with Crippen LogP contribution in [0.5, 0.6) is 0 Å². The number of nitrogens with one attached hydrogen (secondary N) is 2. The van der Waals surface area contributed by atoms with Crippen molar-refractivity contribution in [1.29, 1.82) is 0 Å². The normalized spacial score (nSPS) is 11.0. The van der Waals surface area contributed by atoms with Gasteiger partial charge in [0.25, 0.3) is 5.56 Å². The van der Waals surface area contributed by atoms with Crippen LogP contribution in [-0.2, 0) is 31.9 Å². The third kappa shape index (κ3) is 3.52. The van der Waals surface area contributed by atoms with Gasteiger partial charge in [-0.05, 0) is 12.1 Å². The number of aryl methyl sites for hydroxylation is 1. The van der Waals surface area contributed by atoms with Crippen molar-refractivity contribution in [3.8, 4) is 0 Å². The Morgan fingerprint density at radius 2 is 1.96 bits per heavy atom. The van der Waals surface area contributed by atoms with Gasteiger partial charge in [-0.15, -0.1) is 0 Å². The summed E-state index contributed by atoms with van der Waals surface area (Å²) in [7, 11) is 2.98. The van der Waals surface area contributed by atoms with Crippen LogP contribution in [0.4, 0.5) is 0 Å². The standard InChI is InChI=1S/C17H19N5O3/c1-21-11(9-16(24)22(2)17(21)25)10-18-15(23)8-7-14-19-12-5-3-4-6-13(12)20-14/h3-6,9H,7-8,10H2,1-2H3,(H,18,23)(H,19,20). The van der Waals surface area contributed by atoms with Gasteiger partial charge in [0.2, 0.25) is 5.91 Å². The quantitative estimate of drug-likeness (QED) is 0.692. The number of hydrogen-bond acceptors (Lipinski definition) is 4. The minimum Gasteiger partial charge on any atom is -0.351 e. The predicted octanol–water partition coefficient (Wildman–Crippen LogP) is 0.209. The Balaban J connectivity index is 1.60. The molecular weight excluding hydrogens is 322 g/mol. The minimum atomic E-state index is -0.418. The summed E-state index contributed by atoms with van der Waals surface area (Å²) in [5.74, 6) is 0.575. The number of para-hydroxylation sites is 2. The summed E-state index contributed by atoms with van der Waals surface area (Å²) < 4.78 is 2.37. The minimum absolute atomic E-state index is 0.126. The molecule has 3 rings (SSSR count). The molecule has 2 aromatic heterocycles. The zero-order chi connectivity index (χ0) is 18.0. The number of amides is 1. The van der Waals surface area contributed by atoms with Crippen LogP contribution in [0.15, 0.2) is 39.9 Å². The fourth-order valence-electron chi connectivity index (χ4n) is 2.58. The first kappa shape index (κ1) is 16.7. The molecule has 8 heteroatoms. The van der Waals surface area contributed by atoms with Gasteiger partial charge in [-0.1, -0.05) is 12.1 Å². The van der Waals surface area contributed by atoms with Crippen LogP contribution in [0.1, 0.15) is 17.9 Å². The fourth-order valence-corrected chi connectivity index (χ4v) is 2.58. The van der Waals surface area contributed by atoms with Crippen LogP contribution < -0.4 is 16.6 Å². The molecule has 25 heavy (non-hydrogen) atoms. The van der Waals surface area contributed by atoms with Crippen molar-refractivity contribution in [2.75, 3.05) is 0 Å². The van der Waals surface area contributed by atoms with Gasteiger partial charge in [0, 0.05) is 38.7 Å². The molecule has 0 radical (unpaired) electrons. The van der Waals surface area contributed by atoms with Crippen LogP contribution in [0.25, 0.3) is 11.0 Å². The third-order valence-corrected chi connectivity index (χ3v) is 4.12. The molecule has 0 atom stereocenters. The molecule has 0 spiro atoms. The van der Waals surface area contributed by atoms with Crippen molar-refractivity contribution in [1.82, 2.24) is 24.4 Å². The number of carbonyl (C=O) groups is 1. The average molecular weight is 341 g/mol. The Morgan fingerprint density at radius 3 is 2.72 bits per heavy atom. The Bertz CT molecular complexity index is 1010. The lowest BCUT2D eigenvalue weighted by atomic mass is 10.3. The number of benzene rings is 1. The summed E-state index contributed by atoms with van der Waals surface area (Å²) in [6.45, 7) is 0.126. The Labute approximate surface area is 143 Å². The first-order valence-corrected chi connectivity index (χ1v) is 7.92. The van der Waals surface area contributed by atoms with Crippen LogP contribution in [0.3, 0.4) is 0 Å². The number of aromatic amines is 1. The average Bonchev–Trinajstić information content (AvgIpc) is 3.03. The summed E-state index contributed by atoms with van der Waals surface area (Å²) in [5, 5.41) is 2.73. The Kier molecular flexibility index (Phi) is 4.51. The zero-order valence-electron chi connectivity index (χ0n) is 14.1. The lowest BCUT2D eigenvalue weighted by Crippen LogP contribution is -2.39. The molecule has 0 saturated heterocycles. The third-order valence-electron chi connectivity index (χ3n) is 4.12. The fraction of sp³-hybridized carbons (Fsp3) is 0.294. The second-order valence-electron chi connectivity index (χ2n) is 5.85. The van der Waals surface area contributed by atoms with Gasteiger partial charge >= 0.3 is 5.69 Å². The van der Waals surface area contributed by atoms with Crippen molar-refractivity contribution >= 4 is 16.9 Å². The van der Waals surface area contributed by atoms with E-state index < -0.39 is 11.2 Å². The lowest BCUT2D eigenvalue weighted by Gasteiger charge is -2.10. The van der Waals surface area contributed by atoms with E-state index in [2.05, 4.69) is 15.3 Å². The highest BCUT2D eigenvalue weighted by atomic mass is 16.2. The number of hydrogen-bond donors (Lipinski definition) is 2. The van der Waals surface area contributed by atoms with E-state index in [0.717, 1.165) is 21.4 Å². The highest BCUT2D eigenvalue weighted by molar-refractivity contribution is 5.77. The molecule has 0 aliphatic carbocycles. The molecule has 0 bridgehead atoms. The van der Waals surface area contributed by atoms with Crippen LogP contribution >= 0.6 is 0 Å². The number of rotatable bonds is 5. The highest BCUT2D eigenvalue weighted by Gasteiger charge is 2.09. The van der Waals surface area contributed by atoms with E-state index >= 15 is 0 Å². The molecular formula is C17H19N5O3. The van der Waals surface area contributed by atoms with E-state index in [1.54, 1.807) is 7.05 Å². The summed E-state index contributed by atoms with van der Waals surface area (Å²) in [5.41, 5.74) is 1.46. The van der Waals surface area contributed by atoms with E-state index in [0.29, 0.717) is 12.1 Å². The predicted molar refractivity (Wildman–Crippen MR) is 93.2 cm³/mol. The van der Waals surface area contributed by atoms with E-state index in [1.165, 1.54) is 17.7 Å². The molecule has 0 fully saturated rings. The molecule has 0 saturated carbocycles. The molecule has 0 aliphatic rings. The van der Waals surface area contributed by atoms with Crippen molar-refractivity contribution in [2.45, 2.75) is 19.4 Å². The monoisotopic (exact) mass is 341 g/mol. The number of H-pyrrole nitrogens is 1. The molecule has 2 heterocycles. The second-order valence-corrected chi connectivity index (χ2v) is 5.85. The SMILES string of the molecule is Cn1c(CNC(=O)CCc2nc3ccccc3[nH]2)cc(=O)n(C)c1=O. The van der Waals surface area contributed by atoms with Gasteiger partial charge in [0.05, 0.1) is 17.6 Å². The molecule has 3 aromatic rings. The van der Waals surface area contributed by atoms with Crippen LogP contribution in [-0.4, -0.2) is 25.0 Å². The molecule has 2 N–H and O–H groups in total.